The van der Waals surface area contributed by atoms with Crippen molar-refractivity contribution in [3.05, 3.63) is 55.8 Å². The molecule has 2 heterocycles. The number of esters is 1. The first-order valence-electron chi connectivity index (χ1n) is 9.77. The summed E-state index contributed by atoms with van der Waals surface area (Å²) >= 11 is 6.09. The number of hydrogen-bond donors (Lipinski definition) is 3. The van der Waals surface area contributed by atoms with E-state index in [-0.39, 0.29) is 15.6 Å². The van der Waals surface area contributed by atoms with Gasteiger partial charge < -0.3 is 15.0 Å². The fraction of sp³-hybridized carbons (Fsp3) is 0.368. The summed E-state index contributed by atoms with van der Waals surface area (Å²) in [4.78, 5) is 50.5. The minimum atomic E-state index is -3.76. The van der Waals surface area contributed by atoms with Gasteiger partial charge >= 0.3 is 11.7 Å². The Kier molecular flexibility index (Phi) is 7.48. The maximum absolute atomic E-state index is 13.0. The van der Waals surface area contributed by atoms with Crippen LogP contribution in [0.4, 0.5) is 5.69 Å². The Morgan fingerprint density at radius 2 is 1.75 bits per heavy atom. The predicted octanol–water partition coefficient (Wildman–Crippen LogP) is 1.08. The summed E-state index contributed by atoms with van der Waals surface area (Å²) in [5.41, 5.74) is -2.09. The number of aromatic amines is 2. The van der Waals surface area contributed by atoms with E-state index in [1.165, 1.54) is 22.5 Å². The van der Waals surface area contributed by atoms with Crippen molar-refractivity contribution < 1.29 is 22.7 Å². The molecule has 172 valence electrons. The summed E-state index contributed by atoms with van der Waals surface area (Å²) in [5, 5.41) is 2.49. The van der Waals surface area contributed by atoms with E-state index in [2.05, 4.69) is 10.3 Å². The fourth-order valence-corrected chi connectivity index (χ4v) is 4.87. The molecule has 2 aromatic rings. The highest BCUT2D eigenvalue weighted by atomic mass is 35.5. The topological polar surface area (TPSA) is 158 Å². The second kappa shape index (κ2) is 10.1. The Bertz CT molecular complexity index is 1200. The van der Waals surface area contributed by atoms with Crippen LogP contribution in [0, 0.1) is 0 Å². The number of nitrogens with one attached hydrogen (secondary N) is 3. The lowest BCUT2D eigenvalue weighted by molar-refractivity contribution is -0.119. The van der Waals surface area contributed by atoms with E-state index in [0.717, 1.165) is 31.7 Å². The monoisotopic (exact) mass is 484 g/mol. The van der Waals surface area contributed by atoms with Crippen LogP contribution in [0.15, 0.2) is 38.8 Å². The van der Waals surface area contributed by atoms with E-state index in [0.29, 0.717) is 13.1 Å². The number of H-pyrrole nitrogens is 2. The number of carbonyl (C=O) groups excluding carboxylic acids is 2. The van der Waals surface area contributed by atoms with Crippen molar-refractivity contribution in [3.63, 3.8) is 0 Å². The average Bonchev–Trinajstić information content (AvgIpc) is 3.03. The van der Waals surface area contributed by atoms with Crippen molar-refractivity contribution in [2.75, 3.05) is 25.0 Å². The van der Waals surface area contributed by atoms with E-state index in [9.17, 15) is 27.6 Å². The number of rotatable bonds is 6. The lowest BCUT2D eigenvalue weighted by atomic mass is 10.2. The van der Waals surface area contributed by atoms with Crippen LogP contribution in [0.2, 0.25) is 5.02 Å². The largest absolute Gasteiger partial charge is 0.451 e. The number of sulfonamides is 1. The first kappa shape index (κ1) is 23.7. The molecule has 1 aromatic carbocycles. The van der Waals surface area contributed by atoms with Gasteiger partial charge in [-0.1, -0.05) is 24.4 Å². The van der Waals surface area contributed by atoms with Gasteiger partial charge in [0.2, 0.25) is 10.0 Å². The van der Waals surface area contributed by atoms with Crippen LogP contribution in [-0.2, 0) is 19.6 Å². The van der Waals surface area contributed by atoms with Gasteiger partial charge in [-0.25, -0.2) is 18.0 Å². The molecular weight excluding hydrogens is 464 g/mol. The summed E-state index contributed by atoms with van der Waals surface area (Å²) in [7, 11) is -3.76. The Morgan fingerprint density at radius 3 is 2.41 bits per heavy atom. The van der Waals surface area contributed by atoms with Gasteiger partial charge in [0.15, 0.2) is 6.61 Å². The molecule has 1 aliphatic rings. The number of hydrogen-bond acceptors (Lipinski definition) is 7. The molecule has 3 N–H and O–H groups in total. The van der Waals surface area contributed by atoms with Gasteiger partial charge in [-0.2, -0.15) is 4.31 Å². The van der Waals surface area contributed by atoms with E-state index in [1.807, 2.05) is 4.98 Å². The van der Waals surface area contributed by atoms with Crippen molar-refractivity contribution in [1.29, 1.82) is 0 Å². The van der Waals surface area contributed by atoms with Crippen LogP contribution in [0.3, 0.4) is 0 Å². The van der Waals surface area contributed by atoms with Crippen molar-refractivity contribution in [2.45, 2.75) is 30.6 Å². The predicted molar refractivity (Wildman–Crippen MR) is 115 cm³/mol. The van der Waals surface area contributed by atoms with E-state index < -0.39 is 45.4 Å². The molecule has 11 nitrogen and oxygen atoms in total. The number of carbonyl (C=O) groups is 2. The molecule has 0 saturated carbocycles. The van der Waals surface area contributed by atoms with Gasteiger partial charge in [0.05, 0.1) is 15.6 Å². The summed E-state index contributed by atoms with van der Waals surface area (Å²) in [5.74, 6) is -1.89. The Hall–Kier alpha value is -2.96. The maximum Gasteiger partial charge on any atom is 0.355 e. The molecule has 13 heteroatoms. The average molecular weight is 485 g/mol. The molecule has 0 bridgehead atoms. The van der Waals surface area contributed by atoms with Crippen LogP contribution < -0.4 is 16.6 Å². The molecule has 0 radical (unpaired) electrons. The molecule has 1 saturated heterocycles. The van der Waals surface area contributed by atoms with E-state index >= 15 is 0 Å². The van der Waals surface area contributed by atoms with Crippen LogP contribution in [0.5, 0.6) is 0 Å². The summed E-state index contributed by atoms with van der Waals surface area (Å²) < 4.78 is 32.1. The fourth-order valence-electron chi connectivity index (χ4n) is 3.17. The summed E-state index contributed by atoms with van der Waals surface area (Å²) in [6, 6.07) is 4.78. The second-order valence-corrected chi connectivity index (χ2v) is 9.43. The number of nitrogens with zero attached hydrogens (tertiary/aromatic N) is 1. The van der Waals surface area contributed by atoms with E-state index in [4.69, 9.17) is 16.3 Å². The van der Waals surface area contributed by atoms with Crippen molar-refractivity contribution >= 4 is 39.2 Å². The molecule has 1 aromatic heterocycles. The normalized spacial score (nSPS) is 15.0. The van der Waals surface area contributed by atoms with Gasteiger partial charge in [0, 0.05) is 19.2 Å². The van der Waals surface area contributed by atoms with Crippen LogP contribution in [-0.4, -0.2) is 54.3 Å². The quantitative estimate of drug-likeness (QED) is 0.517. The molecule has 32 heavy (non-hydrogen) atoms. The molecule has 0 unspecified atom stereocenters. The highest BCUT2D eigenvalue weighted by Gasteiger charge is 2.26. The molecule has 1 amide bonds. The van der Waals surface area contributed by atoms with Crippen LogP contribution >= 0.6 is 11.6 Å². The van der Waals surface area contributed by atoms with Crippen molar-refractivity contribution in [2.24, 2.45) is 0 Å². The SMILES string of the molecule is O=C(COC(=O)c1cc(=O)[nH]c(=O)[nH]1)Nc1cc(S(=O)(=O)N2CCCCCC2)ccc1Cl. The molecule has 1 aliphatic heterocycles. The van der Waals surface area contributed by atoms with Gasteiger partial charge in [-0.3, -0.25) is 14.6 Å². The molecule has 0 atom stereocenters. The number of halogens is 1. The van der Waals surface area contributed by atoms with Crippen molar-refractivity contribution in [3.8, 4) is 0 Å². The molecule has 1 fully saturated rings. The van der Waals surface area contributed by atoms with Gasteiger partial charge in [-0.05, 0) is 31.0 Å². The Labute approximate surface area is 187 Å². The number of aromatic nitrogens is 2. The van der Waals surface area contributed by atoms with Gasteiger partial charge in [0.1, 0.15) is 5.69 Å². The van der Waals surface area contributed by atoms with Gasteiger partial charge in [0.25, 0.3) is 11.5 Å². The third-order valence-electron chi connectivity index (χ3n) is 4.73. The molecule has 0 aliphatic carbocycles. The third-order valence-corrected chi connectivity index (χ3v) is 6.95. The minimum Gasteiger partial charge on any atom is -0.451 e. The Balaban J connectivity index is 1.69. The highest BCUT2D eigenvalue weighted by Crippen LogP contribution is 2.28. The zero-order valence-electron chi connectivity index (χ0n) is 16.9. The smallest absolute Gasteiger partial charge is 0.355 e. The molecular formula is C19H21ClN4O7S. The summed E-state index contributed by atoms with van der Waals surface area (Å²) in [6.45, 7) is 0.0904. The lowest BCUT2D eigenvalue weighted by Gasteiger charge is -2.20. The zero-order valence-corrected chi connectivity index (χ0v) is 18.4. The Morgan fingerprint density at radius 1 is 1.06 bits per heavy atom. The van der Waals surface area contributed by atoms with Gasteiger partial charge in [-0.15, -0.1) is 0 Å². The summed E-state index contributed by atoms with van der Waals surface area (Å²) in [6.07, 6.45) is 3.50. The number of anilines is 1. The molecule has 0 spiro atoms. The maximum atomic E-state index is 13.0. The van der Waals surface area contributed by atoms with Crippen LogP contribution in [0.1, 0.15) is 36.2 Å². The minimum absolute atomic E-state index is 0.0165. The number of ether oxygens (including phenoxy) is 1. The third kappa shape index (κ3) is 5.84. The standard InChI is InChI=1S/C19H21ClN4O7S/c20-13-6-5-12(32(29,30)24-7-3-1-2-4-8-24)9-14(13)21-17(26)11-31-18(27)15-10-16(25)23-19(28)22-15/h5-6,9-10H,1-4,7-8,11H2,(H,21,26)(H2,22,23,25,28). The highest BCUT2D eigenvalue weighted by molar-refractivity contribution is 7.89. The first-order chi connectivity index (χ1) is 15.2. The van der Waals surface area contributed by atoms with Crippen molar-refractivity contribution in [1.82, 2.24) is 14.3 Å². The first-order valence-corrected chi connectivity index (χ1v) is 11.6. The molecule has 3 rings (SSSR count). The number of benzene rings is 1. The number of amides is 1. The zero-order chi connectivity index (χ0) is 23.3. The lowest BCUT2D eigenvalue weighted by Crippen LogP contribution is -2.32. The van der Waals surface area contributed by atoms with E-state index in [1.54, 1.807) is 0 Å². The second-order valence-electron chi connectivity index (χ2n) is 7.09. The van der Waals surface area contributed by atoms with Crippen LogP contribution in [0.25, 0.3) is 0 Å².